The van der Waals surface area contributed by atoms with Crippen molar-refractivity contribution in [1.82, 2.24) is 9.97 Å². The van der Waals surface area contributed by atoms with E-state index in [1.54, 1.807) is 17.8 Å². The van der Waals surface area contributed by atoms with E-state index in [2.05, 4.69) is 21.4 Å². The van der Waals surface area contributed by atoms with Crippen LogP contribution < -0.4 is 5.32 Å². The van der Waals surface area contributed by atoms with Crippen molar-refractivity contribution >= 4 is 34.4 Å². The van der Waals surface area contributed by atoms with Gasteiger partial charge in [-0.2, -0.15) is 11.8 Å². The molecule has 1 N–H and O–H groups in total. The maximum absolute atomic E-state index is 14.6. The highest BCUT2D eigenvalue weighted by Crippen LogP contribution is 2.34. The second kappa shape index (κ2) is 8.21. The summed E-state index contributed by atoms with van der Waals surface area (Å²) in [5.41, 5.74) is 3.17. The van der Waals surface area contributed by atoms with Crippen LogP contribution in [0.3, 0.4) is 0 Å². The van der Waals surface area contributed by atoms with Crippen molar-refractivity contribution in [2.24, 2.45) is 0 Å². The topological polar surface area (TPSA) is 51.0 Å². The Labute approximate surface area is 171 Å². The van der Waals surface area contributed by atoms with Crippen molar-refractivity contribution in [3.8, 4) is 11.1 Å². The molecule has 0 unspecified atom stereocenters. The van der Waals surface area contributed by atoms with Crippen LogP contribution in [0.5, 0.6) is 0 Å². The fourth-order valence-electron chi connectivity index (χ4n) is 3.23. The maximum atomic E-state index is 14.6. The molecular formula is C22H19F2N3OS. The minimum absolute atomic E-state index is 0.276. The van der Waals surface area contributed by atoms with Crippen molar-refractivity contribution in [2.75, 3.05) is 11.6 Å². The molecule has 0 amide bonds. The number of thioether (sulfide) groups is 1. The summed E-state index contributed by atoms with van der Waals surface area (Å²) >= 11 is 1.73. The summed E-state index contributed by atoms with van der Waals surface area (Å²) in [4.78, 5) is 8.73. The normalized spacial score (nSPS) is 11.2. The van der Waals surface area contributed by atoms with E-state index < -0.39 is 11.6 Å². The molecule has 0 spiro atoms. The Morgan fingerprint density at radius 1 is 1.03 bits per heavy atom. The molecule has 4 aromatic rings. The smallest absolute Gasteiger partial charge is 0.149 e. The third-order valence-electron chi connectivity index (χ3n) is 4.58. The lowest BCUT2D eigenvalue weighted by Crippen LogP contribution is -2.01. The average molecular weight is 411 g/mol. The van der Waals surface area contributed by atoms with E-state index in [1.807, 2.05) is 19.2 Å². The lowest BCUT2D eigenvalue weighted by atomic mass is 10.0. The van der Waals surface area contributed by atoms with E-state index in [-0.39, 0.29) is 5.56 Å². The second-order valence-electron chi connectivity index (χ2n) is 6.57. The molecule has 0 aliphatic heterocycles. The van der Waals surface area contributed by atoms with Crippen LogP contribution in [0.1, 0.15) is 18.2 Å². The van der Waals surface area contributed by atoms with Crippen LogP contribution in [0.25, 0.3) is 22.1 Å². The van der Waals surface area contributed by atoms with Gasteiger partial charge in [0.2, 0.25) is 0 Å². The number of furan rings is 1. The molecule has 0 saturated heterocycles. The lowest BCUT2D eigenvalue weighted by Gasteiger charge is -2.11. The maximum Gasteiger partial charge on any atom is 0.149 e. The van der Waals surface area contributed by atoms with Crippen LogP contribution in [-0.2, 0) is 12.2 Å². The molecule has 3 heterocycles. The third kappa shape index (κ3) is 3.96. The number of rotatable bonds is 6. The number of fused-ring (bicyclic) bond motifs is 1. The van der Waals surface area contributed by atoms with Gasteiger partial charge in [0.1, 0.15) is 28.9 Å². The van der Waals surface area contributed by atoms with E-state index in [1.165, 1.54) is 24.5 Å². The summed E-state index contributed by atoms with van der Waals surface area (Å²) in [5, 5.41) is 3.48. The van der Waals surface area contributed by atoms with Gasteiger partial charge >= 0.3 is 0 Å². The van der Waals surface area contributed by atoms with Crippen LogP contribution in [-0.4, -0.2) is 16.2 Å². The first-order valence-corrected chi connectivity index (χ1v) is 10.6. The summed E-state index contributed by atoms with van der Waals surface area (Å²) in [6.07, 6.45) is 5.39. The number of nitrogens with zero attached hydrogens (tertiary/aromatic N) is 2. The SMILES string of the molecule is CCc1cc(CSC)cc(Nc2cc(-c3ccc(F)c4ccoc34)c(F)cn2)n1. The van der Waals surface area contributed by atoms with E-state index in [4.69, 9.17) is 4.42 Å². The summed E-state index contributed by atoms with van der Waals surface area (Å²) < 4.78 is 33.9. The molecule has 7 heteroatoms. The molecule has 0 aliphatic rings. The molecule has 0 aliphatic carbocycles. The zero-order valence-electron chi connectivity index (χ0n) is 16.0. The lowest BCUT2D eigenvalue weighted by molar-refractivity contribution is 0.607. The van der Waals surface area contributed by atoms with Crippen molar-refractivity contribution in [2.45, 2.75) is 19.1 Å². The Bertz CT molecular complexity index is 1180. The first kappa shape index (κ1) is 19.4. The molecule has 4 rings (SSSR count). The minimum atomic E-state index is -0.516. The number of hydrogen-bond acceptors (Lipinski definition) is 5. The highest BCUT2D eigenvalue weighted by molar-refractivity contribution is 7.97. The average Bonchev–Trinajstić information content (AvgIpc) is 3.21. The zero-order chi connectivity index (χ0) is 20.4. The molecule has 148 valence electrons. The molecule has 0 fully saturated rings. The molecule has 0 bridgehead atoms. The molecule has 0 atom stereocenters. The van der Waals surface area contributed by atoms with Gasteiger partial charge in [-0.15, -0.1) is 0 Å². The molecule has 1 aromatic carbocycles. The van der Waals surface area contributed by atoms with E-state index in [9.17, 15) is 8.78 Å². The number of benzene rings is 1. The molecule has 0 saturated carbocycles. The summed E-state index contributed by atoms with van der Waals surface area (Å²) in [7, 11) is 0. The van der Waals surface area contributed by atoms with Crippen molar-refractivity contribution in [3.05, 3.63) is 71.8 Å². The number of aryl methyl sites for hydroxylation is 1. The molecule has 0 radical (unpaired) electrons. The van der Waals surface area contributed by atoms with E-state index in [0.717, 1.165) is 29.6 Å². The third-order valence-corrected chi connectivity index (χ3v) is 5.20. The van der Waals surface area contributed by atoms with Gasteiger partial charge in [0.15, 0.2) is 0 Å². The largest absolute Gasteiger partial charge is 0.464 e. The molecule has 3 aromatic heterocycles. The van der Waals surface area contributed by atoms with E-state index in [0.29, 0.717) is 28.2 Å². The number of anilines is 2. The fourth-order valence-corrected chi connectivity index (χ4v) is 3.73. The standard InChI is InChI=1S/C22H19F2N3OS/c1-3-14-8-13(12-29-2)9-21(26-14)27-20-10-17(19(24)11-25-20)15-4-5-18(23)16-6-7-28-22(15)16/h4-11H,3,12H2,1-2H3,(H,25,26,27). The van der Waals surface area contributed by atoms with Gasteiger partial charge in [-0.25, -0.2) is 18.7 Å². The monoisotopic (exact) mass is 411 g/mol. The Morgan fingerprint density at radius 2 is 1.90 bits per heavy atom. The van der Waals surface area contributed by atoms with Crippen LogP contribution in [0.2, 0.25) is 0 Å². The van der Waals surface area contributed by atoms with Crippen molar-refractivity contribution < 1.29 is 13.2 Å². The second-order valence-corrected chi connectivity index (χ2v) is 7.44. The quantitative estimate of drug-likeness (QED) is 0.401. The van der Waals surface area contributed by atoms with Crippen LogP contribution in [0, 0.1) is 11.6 Å². The number of nitrogens with one attached hydrogen (secondary N) is 1. The summed E-state index contributed by atoms with van der Waals surface area (Å²) in [6.45, 7) is 2.05. The first-order valence-electron chi connectivity index (χ1n) is 9.16. The Kier molecular flexibility index (Phi) is 5.49. The highest BCUT2D eigenvalue weighted by atomic mass is 32.2. The van der Waals surface area contributed by atoms with Crippen molar-refractivity contribution in [1.29, 1.82) is 0 Å². The molecular weight excluding hydrogens is 392 g/mol. The van der Waals surface area contributed by atoms with Gasteiger partial charge in [-0.3, -0.25) is 0 Å². The predicted octanol–water partition coefficient (Wildman–Crippen LogP) is 6.34. The molecule has 29 heavy (non-hydrogen) atoms. The molecule has 4 nitrogen and oxygen atoms in total. The summed E-state index contributed by atoms with van der Waals surface area (Å²) in [5.74, 6) is 1.05. The van der Waals surface area contributed by atoms with Gasteiger partial charge in [-0.05, 0) is 54.6 Å². The number of pyridine rings is 2. The van der Waals surface area contributed by atoms with Crippen molar-refractivity contribution in [3.63, 3.8) is 0 Å². The Hall–Kier alpha value is -2.93. The minimum Gasteiger partial charge on any atom is -0.464 e. The van der Waals surface area contributed by atoms with Gasteiger partial charge < -0.3 is 9.73 Å². The zero-order valence-corrected chi connectivity index (χ0v) is 16.8. The predicted molar refractivity (Wildman–Crippen MR) is 113 cm³/mol. The number of halogens is 2. The van der Waals surface area contributed by atoms with E-state index >= 15 is 0 Å². The highest BCUT2D eigenvalue weighted by Gasteiger charge is 2.15. The fraction of sp³-hybridized carbons (Fsp3) is 0.182. The Morgan fingerprint density at radius 3 is 2.69 bits per heavy atom. The van der Waals surface area contributed by atoms with Crippen LogP contribution in [0.15, 0.2) is 53.3 Å². The van der Waals surface area contributed by atoms with Gasteiger partial charge in [0.25, 0.3) is 0 Å². The van der Waals surface area contributed by atoms with Gasteiger partial charge in [-0.1, -0.05) is 6.92 Å². The number of aromatic nitrogens is 2. The van der Waals surface area contributed by atoms with Gasteiger partial charge in [0, 0.05) is 22.6 Å². The van der Waals surface area contributed by atoms with Crippen LogP contribution >= 0.6 is 11.8 Å². The first-order chi connectivity index (χ1) is 14.1. The van der Waals surface area contributed by atoms with Gasteiger partial charge in [0.05, 0.1) is 17.8 Å². The van der Waals surface area contributed by atoms with Crippen LogP contribution in [0.4, 0.5) is 20.4 Å². The summed E-state index contributed by atoms with van der Waals surface area (Å²) in [6, 6.07) is 9.97. The number of hydrogen-bond donors (Lipinski definition) is 1. The Balaban J connectivity index is 1.73.